The number of nitrogens with one attached hydrogen (secondary N) is 1. The maximum absolute atomic E-state index is 13.6. The number of anilines is 3. The average Bonchev–Trinajstić information content (AvgIpc) is 3.12. The number of hydrogen-bond acceptors (Lipinski definition) is 5. The number of aromatic nitrogens is 1. The summed E-state index contributed by atoms with van der Waals surface area (Å²) < 4.78 is 0. The fourth-order valence-corrected chi connectivity index (χ4v) is 5.54. The van der Waals surface area contributed by atoms with Crippen LogP contribution in [0.5, 0.6) is 0 Å². The molecule has 1 N–H and O–H groups in total. The normalized spacial score (nSPS) is 20.6. The van der Waals surface area contributed by atoms with Crippen LogP contribution in [0.2, 0.25) is 0 Å². The van der Waals surface area contributed by atoms with Gasteiger partial charge in [0.1, 0.15) is 11.4 Å². The van der Waals surface area contributed by atoms with E-state index in [4.69, 9.17) is 0 Å². The summed E-state index contributed by atoms with van der Waals surface area (Å²) >= 11 is 0. The van der Waals surface area contributed by atoms with Gasteiger partial charge in [0, 0.05) is 43.5 Å². The van der Waals surface area contributed by atoms with Crippen molar-refractivity contribution in [2.45, 2.75) is 70.5 Å². The van der Waals surface area contributed by atoms with Gasteiger partial charge in [0.15, 0.2) is 0 Å². The van der Waals surface area contributed by atoms with Crippen molar-refractivity contribution in [1.29, 1.82) is 0 Å². The van der Waals surface area contributed by atoms with Crippen LogP contribution in [-0.2, 0) is 16.8 Å². The summed E-state index contributed by atoms with van der Waals surface area (Å²) in [6, 6.07) is 9.92. The van der Waals surface area contributed by atoms with Gasteiger partial charge in [-0.2, -0.15) is 0 Å². The minimum absolute atomic E-state index is 0.193. The Morgan fingerprint density at radius 1 is 1.12 bits per heavy atom. The number of nitrogens with zero attached hydrogens (tertiary/aromatic N) is 4. The molecule has 33 heavy (non-hydrogen) atoms. The van der Waals surface area contributed by atoms with Crippen LogP contribution in [0.4, 0.5) is 22.0 Å². The molecule has 2 aromatic rings. The van der Waals surface area contributed by atoms with Crippen molar-refractivity contribution < 1.29 is 9.59 Å². The number of fused-ring (bicyclic) bond motifs is 2. The molecule has 1 aliphatic carbocycles. The maximum Gasteiger partial charge on any atom is 0.332 e. The number of benzene rings is 1. The first-order valence-corrected chi connectivity index (χ1v) is 11.9. The van der Waals surface area contributed by atoms with Crippen LogP contribution >= 0.6 is 0 Å². The first-order valence-electron chi connectivity index (χ1n) is 11.9. The second-order valence-electron chi connectivity index (χ2n) is 10.6. The molecule has 1 saturated carbocycles. The molecule has 3 amide bonds. The molecule has 3 aliphatic rings. The zero-order chi connectivity index (χ0) is 23.5. The molecule has 0 bridgehead atoms. The van der Waals surface area contributed by atoms with Gasteiger partial charge in [0.25, 0.3) is 5.91 Å². The topological polar surface area (TPSA) is 68.8 Å². The minimum atomic E-state index is -0.938. The van der Waals surface area contributed by atoms with Crippen LogP contribution in [0.15, 0.2) is 36.5 Å². The van der Waals surface area contributed by atoms with Crippen molar-refractivity contribution in [2.24, 2.45) is 0 Å². The fourth-order valence-electron chi connectivity index (χ4n) is 5.54. The number of amides is 3. The second-order valence-corrected chi connectivity index (χ2v) is 10.6. The smallest absolute Gasteiger partial charge is 0.332 e. The van der Waals surface area contributed by atoms with E-state index in [0.717, 1.165) is 23.6 Å². The summed E-state index contributed by atoms with van der Waals surface area (Å²) in [6.07, 6.45) is 5.43. The summed E-state index contributed by atoms with van der Waals surface area (Å²) in [6.45, 7) is 9.12. The van der Waals surface area contributed by atoms with Gasteiger partial charge in [-0.05, 0) is 75.9 Å². The van der Waals surface area contributed by atoms with Crippen LogP contribution in [0.25, 0.3) is 0 Å². The van der Waals surface area contributed by atoms with Gasteiger partial charge >= 0.3 is 6.03 Å². The highest BCUT2D eigenvalue weighted by molar-refractivity contribution is 6.23. The average molecular weight is 448 g/mol. The molecule has 7 nitrogen and oxygen atoms in total. The van der Waals surface area contributed by atoms with Crippen LogP contribution < -0.4 is 15.1 Å². The number of likely N-dealkylation sites (N-methyl/N-ethyl adjacent to an activating group) is 1. The Balaban J connectivity index is 1.44. The zero-order valence-corrected chi connectivity index (χ0v) is 20.2. The molecule has 0 atom stereocenters. The first kappa shape index (κ1) is 21.7. The maximum atomic E-state index is 13.6. The van der Waals surface area contributed by atoms with Crippen molar-refractivity contribution >= 4 is 29.1 Å². The molecule has 1 saturated heterocycles. The van der Waals surface area contributed by atoms with E-state index in [1.807, 2.05) is 38.1 Å². The Bertz CT molecular complexity index is 1120. The van der Waals surface area contributed by atoms with E-state index in [0.29, 0.717) is 12.2 Å². The third kappa shape index (κ3) is 3.36. The molecule has 1 spiro atoms. The van der Waals surface area contributed by atoms with Crippen molar-refractivity contribution in [3.05, 3.63) is 47.7 Å². The lowest BCUT2D eigenvalue weighted by molar-refractivity contribution is -0.123. The Morgan fingerprint density at radius 3 is 2.55 bits per heavy atom. The van der Waals surface area contributed by atoms with Crippen LogP contribution in [0, 0.1) is 0 Å². The minimum Gasteiger partial charge on any atom is -0.373 e. The van der Waals surface area contributed by atoms with Gasteiger partial charge < -0.3 is 15.1 Å². The van der Waals surface area contributed by atoms with Crippen LogP contribution in [-0.4, -0.2) is 47.0 Å². The lowest BCUT2D eigenvalue weighted by atomic mass is 9.66. The summed E-state index contributed by atoms with van der Waals surface area (Å²) in [5.41, 5.74) is 3.41. The van der Waals surface area contributed by atoms with Gasteiger partial charge in [-0.3, -0.25) is 4.79 Å². The Morgan fingerprint density at radius 2 is 1.88 bits per heavy atom. The molecule has 0 radical (unpaired) electrons. The van der Waals surface area contributed by atoms with Crippen molar-refractivity contribution in [3.63, 3.8) is 0 Å². The zero-order valence-electron chi connectivity index (χ0n) is 20.2. The van der Waals surface area contributed by atoms with Gasteiger partial charge in [0.2, 0.25) is 0 Å². The molecular formula is C26H33N5O2. The lowest BCUT2D eigenvalue weighted by Gasteiger charge is -2.38. The van der Waals surface area contributed by atoms with E-state index in [1.54, 1.807) is 11.1 Å². The number of urea groups is 1. The van der Waals surface area contributed by atoms with Crippen molar-refractivity contribution in [1.82, 2.24) is 9.88 Å². The third-order valence-electron chi connectivity index (χ3n) is 7.50. The summed E-state index contributed by atoms with van der Waals surface area (Å²) in [5.74, 6) is 0.572. The summed E-state index contributed by atoms with van der Waals surface area (Å²) in [5, 5.41) is 3.29. The predicted molar refractivity (Wildman–Crippen MR) is 131 cm³/mol. The molecule has 2 aliphatic heterocycles. The number of carbonyl (C=O) groups excluding carboxylic acids is 2. The molecule has 7 heteroatoms. The molecule has 5 rings (SSSR count). The Kier molecular flexibility index (Phi) is 4.92. The molecule has 3 heterocycles. The van der Waals surface area contributed by atoms with Gasteiger partial charge in [-0.1, -0.05) is 12.5 Å². The highest BCUT2D eigenvalue weighted by atomic mass is 16.2. The number of rotatable bonds is 5. The van der Waals surface area contributed by atoms with E-state index in [-0.39, 0.29) is 23.4 Å². The highest BCUT2D eigenvalue weighted by Gasteiger charge is 2.52. The predicted octanol–water partition coefficient (Wildman–Crippen LogP) is 4.52. The Hall–Kier alpha value is -3.09. The number of hydrogen-bond donors (Lipinski definition) is 1. The quantitative estimate of drug-likeness (QED) is 0.683. The first-order chi connectivity index (χ1) is 15.6. The number of pyridine rings is 1. The van der Waals surface area contributed by atoms with E-state index < -0.39 is 5.54 Å². The third-order valence-corrected chi connectivity index (χ3v) is 7.50. The van der Waals surface area contributed by atoms with Gasteiger partial charge in [-0.25, -0.2) is 14.7 Å². The SMILES string of the molecule is CC(C)Nc1cc(CN2C(=O)N(c3ccc4c(c3)N(C)CC43CCC3)C(=O)C2(C)C)ccn1. The monoisotopic (exact) mass is 447 g/mol. The Labute approximate surface area is 195 Å². The van der Waals surface area contributed by atoms with E-state index in [9.17, 15) is 9.59 Å². The lowest BCUT2D eigenvalue weighted by Crippen LogP contribution is -2.43. The largest absolute Gasteiger partial charge is 0.373 e. The molecule has 2 fully saturated rings. The summed E-state index contributed by atoms with van der Waals surface area (Å²) in [4.78, 5) is 36.7. The molecule has 1 aromatic carbocycles. The standard InChI is InChI=1S/C26H33N5O2/c1-17(2)28-22-13-18(9-12-27-22)15-30-24(33)31(23(32)25(30,3)4)19-7-8-20-21(14-19)29(5)16-26(20)10-6-11-26/h7-9,12-14,17H,6,10-11,15-16H2,1-5H3,(H,27,28). The van der Waals surface area contributed by atoms with Crippen molar-refractivity contribution in [3.8, 4) is 0 Å². The van der Waals surface area contributed by atoms with E-state index in [2.05, 4.69) is 42.2 Å². The number of carbonyl (C=O) groups is 2. The van der Waals surface area contributed by atoms with Crippen LogP contribution in [0.3, 0.4) is 0 Å². The van der Waals surface area contributed by atoms with Crippen LogP contribution in [0.1, 0.15) is 58.1 Å². The van der Waals surface area contributed by atoms with Crippen molar-refractivity contribution in [2.75, 3.05) is 28.7 Å². The summed E-state index contributed by atoms with van der Waals surface area (Å²) in [7, 11) is 2.10. The second kappa shape index (κ2) is 7.47. The molecule has 1 aromatic heterocycles. The van der Waals surface area contributed by atoms with Gasteiger partial charge in [-0.15, -0.1) is 0 Å². The fraction of sp³-hybridized carbons (Fsp3) is 0.500. The van der Waals surface area contributed by atoms with Gasteiger partial charge in [0.05, 0.1) is 5.69 Å². The highest BCUT2D eigenvalue weighted by Crippen LogP contribution is 2.53. The number of imide groups is 1. The van der Waals surface area contributed by atoms with E-state index in [1.165, 1.54) is 29.7 Å². The van der Waals surface area contributed by atoms with E-state index >= 15 is 0 Å². The molecule has 0 unspecified atom stereocenters. The molecule has 174 valence electrons. The molecular weight excluding hydrogens is 414 g/mol.